The number of benzene rings is 1. The lowest BCUT2D eigenvalue weighted by Crippen LogP contribution is -2.18. The van der Waals surface area contributed by atoms with Crippen LogP contribution in [0.15, 0.2) is 28.8 Å². The van der Waals surface area contributed by atoms with Crippen LogP contribution in [0.3, 0.4) is 0 Å². The van der Waals surface area contributed by atoms with Crippen LogP contribution in [0.1, 0.15) is 24.2 Å². The van der Waals surface area contributed by atoms with E-state index >= 15 is 0 Å². The third kappa shape index (κ3) is 3.30. The van der Waals surface area contributed by atoms with Crippen molar-refractivity contribution in [3.63, 3.8) is 0 Å². The molecule has 18 heavy (non-hydrogen) atoms. The van der Waals surface area contributed by atoms with E-state index < -0.39 is 0 Å². The standard InChI is InChI=1S/C13H17N3O2/c1-9(14)7-11-5-3-4-6-12(11)17-8-13-15-10(2)18-16-13/h3-6,9H,7-8,14H2,1-2H3. The molecule has 0 spiro atoms. The smallest absolute Gasteiger partial charge is 0.223 e. The van der Waals surface area contributed by atoms with Crippen molar-refractivity contribution in [3.8, 4) is 5.75 Å². The van der Waals surface area contributed by atoms with E-state index in [0.29, 0.717) is 18.3 Å². The molecule has 5 nitrogen and oxygen atoms in total. The van der Waals surface area contributed by atoms with E-state index in [1.54, 1.807) is 6.92 Å². The van der Waals surface area contributed by atoms with E-state index in [2.05, 4.69) is 10.1 Å². The van der Waals surface area contributed by atoms with Gasteiger partial charge in [-0.3, -0.25) is 0 Å². The average molecular weight is 247 g/mol. The first kappa shape index (κ1) is 12.6. The van der Waals surface area contributed by atoms with Crippen molar-refractivity contribution in [1.29, 1.82) is 0 Å². The Morgan fingerprint density at radius 1 is 1.39 bits per heavy atom. The van der Waals surface area contributed by atoms with Gasteiger partial charge < -0.3 is 15.0 Å². The van der Waals surface area contributed by atoms with Gasteiger partial charge in [-0.05, 0) is 25.0 Å². The van der Waals surface area contributed by atoms with Gasteiger partial charge in [0, 0.05) is 13.0 Å². The maximum absolute atomic E-state index is 5.81. The zero-order valence-electron chi connectivity index (χ0n) is 10.6. The normalized spacial score (nSPS) is 12.4. The summed E-state index contributed by atoms with van der Waals surface area (Å²) in [6.45, 7) is 4.02. The van der Waals surface area contributed by atoms with Crippen molar-refractivity contribution in [2.24, 2.45) is 5.73 Å². The summed E-state index contributed by atoms with van der Waals surface area (Å²) >= 11 is 0. The Bertz CT molecular complexity index is 508. The number of para-hydroxylation sites is 1. The largest absolute Gasteiger partial charge is 0.485 e. The van der Waals surface area contributed by atoms with Gasteiger partial charge in [-0.2, -0.15) is 4.98 Å². The molecule has 0 saturated carbocycles. The van der Waals surface area contributed by atoms with Crippen molar-refractivity contribution in [2.45, 2.75) is 32.9 Å². The number of aryl methyl sites for hydroxylation is 1. The Morgan fingerprint density at radius 2 is 2.17 bits per heavy atom. The molecule has 5 heteroatoms. The van der Waals surface area contributed by atoms with Gasteiger partial charge in [-0.25, -0.2) is 0 Å². The van der Waals surface area contributed by atoms with Crippen LogP contribution in [-0.4, -0.2) is 16.2 Å². The number of nitrogens with two attached hydrogens (primary N) is 1. The molecular weight excluding hydrogens is 230 g/mol. The first-order chi connectivity index (χ1) is 8.65. The average Bonchev–Trinajstić information content (AvgIpc) is 2.73. The van der Waals surface area contributed by atoms with Crippen LogP contribution in [0.5, 0.6) is 5.75 Å². The fraction of sp³-hybridized carbons (Fsp3) is 0.385. The molecule has 96 valence electrons. The number of nitrogens with zero attached hydrogens (tertiary/aromatic N) is 2. The molecule has 1 aromatic carbocycles. The summed E-state index contributed by atoms with van der Waals surface area (Å²) in [6.07, 6.45) is 0.779. The highest BCUT2D eigenvalue weighted by atomic mass is 16.5. The summed E-state index contributed by atoms with van der Waals surface area (Å²) in [5, 5.41) is 3.79. The van der Waals surface area contributed by atoms with Crippen molar-refractivity contribution in [2.75, 3.05) is 0 Å². The third-order valence-corrected chi connectivity index (χ3v) is 2.44. The second kappa shape index (κ2) is 5.64. The Morgan fingerprint density at radius 3 is 2.83 bits per heavy atom. The quantitative estimate of drug-likeness (QED) is 0.872. The second-order valence-electron chi connectivity index (χ2n) is 4.31. The fourth-order valence-electron chi connectivity index (χ4n) is 1.70. The number of aromatic nitrogens is 2. The van der Waals surface area contributed by atoms with E-state index in [1.165, 1.54) is 0 Å². The molecule has 1 unspecified atom stereocenters. The van der Waals surface area contributed by atoms with Crippen molar-refractivity contribution < 1.29 is 9.26 Å². The van der Waals surface area contributed by atoms with Gasteiger partial charge in [0.05, 0.1) is 0 Å². The van der Waals surface area contributed by atoms with E-state index in [-0.39, 0.29) is 6.04 Å². The predicted molar refractivity (Wildman–Crippen MR) is 67.2 cm³/mol. The van der Waals surface area contributed by atoms with Gasteiger partial charge >= 0.3 is 0 Å². The first-order valence-electron chi connectivity index (χ1n) is 5.90. The van der Waals surface area contributed by atoms with Crippen LogP contribution in [0.2, 0.25) is 0 Å². The van der Waals surface area contributed by atoms with E-state index in [0.717, 1.165) is 17.7 Å². The highest BCUT2D eigenvalue weighted by molar-refractivity contribution is 5.33. The minimum absolute atomic E-state index is 0.0992. The Labute approximate surface area is 106 Å². The lowest BCUT2D eigenvalue weighted by atomic mass is 10.1. The minimum atomic E-state index is 0.0992. The fourth-order valence-corrected chi connectivity index (χ4v) is 1.70. The van der Waals surface area contributed by atoms with E-state index in [4.69, 9.17) is 15.0 Å². The molecule has 0 radical (unpaired) electrons. The van der Waals surface area contributed by atoms with Crippen LogP contribution in [-0.2, 0) is 13.0 Å². The van der Waals surface area contributed by atoms with Crippen molar-refractivity contribution in [1.82, 2.24) is 10.1 Å². The van der Waals surface area contributed by atoms with Crippen molar-refractivity contribution in [3.05, 3.63) is 41.5 Å². The van der Waals surface area contributed by atoms with Crippen LogP contribution in [0.25, 0.3) is 0 Å². The molecular formula is C13H17N3O2. The van der Waals surface area contributed by atoms with Crippen LogP contribution in [0, 0.1) is 6.92 Å². The summed E-state index contributed by atoms with van der Waals surface area (Å²) in [6, 6.07) is 7.94. The van der Waals surface area contributed by atoms with Crippen LogP contribution in [0.4, 0.5) is 0 Å². The SMILES string of the molecule is Cc1nc(COc2ccccc2CC(C)N)no1. The van der Waals surface area contributed by atoms with Gasteiger partial charge in [-0.15, -0.1) is 0 Å². The van der Waals surface area contributed by atoms with Crippen LogP contribution < -0.4 is 10.5 Å². The lowest BCUT2D eigenvalue weighted by Gasteiger charge is -2.11. The van der Waals surface area contributed by atoms with Crippen molar-refractivity contribution >= 4 is 0 Å². The highest BCUT2D eigenvalue weighted by Gasteiger charge is 2.08. The first-order valence-corrected chi connectivity index (χ1v) is 5.90. The molecule has 2 aromatic rings. The van der Waals surface area contributed by atoms with Crippen LogP contribution >= 0.6 is 0 Å². The van der Waals surface area contributed by atoms with Gasteiger partial charge in [-0.1, -0.05) is 23.4 Å². The number of rotatable bonds is 5. The zero-order valence-corrected chi connectivity index (χ0v) is 10.6. The molecule has 0 aliphatic carbocycles. The number of ether oxygens (including phenoxy) is 1. The van der Waals surface area contributed by atoms with E-state index in [9.17, 15) is 0 Å². The summed E-state index contributed by atoms with van der Waals surface area (Å²) in [7, 11) is 0. The molecule has 0 aliphatic heterocycles. The lowest BCUT2D eigenvalue weighted by molar-refractivity contribution is 0.282. The predicted octanol–water partition coefficient (Wildman–Crippen LogP) is 1.85. The number of hydrogen-bond acceptors (Lipinski definition) is 5. The monoisotopic (exact) mass is 247 g/mol. The highest BCUT2D eigenvalue weighted by Crippen LogP contribution is 2.20. The molecule has 0 bridgehead atoms. The number of hydrogen-bond donors (Lipinski definition) is 1. The molecule has 0 fully saturated rings. The van der Waals surface area contributed by atoms with Gasteiger partial charge in [0.15, 0.2) is 6.61 Å². The van der Waals surface area contributed by atoms with Gasteiger partial charge in [0.1, 0.15) is 5.75 Å². The molecule has 1 heterocycles. The van der Waals surface area contributed by atoms with Gasteiger partial charge in [0.2, 0.25) is 11.7 Å². The minimum Gasteiger partial charge on any atom is -0.485 e. The molecule has 1 aromatic heterocycles. The summed E-state index contributed by atoms with van der Waals surface area (Å²) in [5.74, 6) is 1.90. The molecule has 0 amide bonds. The van der Waals surface area contributed by atoms with E-state index in [1.807, 2.05) is 31.2 Å². The Hall–Kier alpha value is -1.88. The molecule has 1 atom stereocenters. The summed E-state index contributed by atoms with van der Waals surface area (Å²) in [5.41, 5.74) is 6.90. The Kier molecular flexibility index (Phi) is 3.94. The summed E-state index contributed by atoms with van der Waals surface area (Å²) < 4.78 is 10.6. The second-order valence-corrected chi connectivity index (χ2v) is 4.31. The molecule has 2 rings (SSSR count). The molecule has 0 aliphatic rings. The third-order valence-electron chi connectivity index (χ3n) is 2.44. The molecule has 0 saturated heterocycles. The Balaban J connectivity index is 2.04. The maximum Gasteiger partial charge on any atom is 0.223 e. The maximum atomic E-state index is 5.81. The topological polar surface area (TPSA) is 74.2 Å². The van der Waals surface area contributed by atoms with Gasteiger partial charge in [0.25, 0.3) is 0 Å². The molecule has 2 N–H and O–H groups in total. The summed E-state index contributed by atoms with van der Waals surface area (Å²) in [4.78, 5) is 4.09. The zero-order chi connectivity index (χ0) is 13.0.